The summed E-state index contributed by atoms with van der Waals surface area (Å²) in [7, 11) is 0. The van der Waals surface area contributed by atoms with E-state index in [1.54, 1.807) is 6.33 Å². The maximum Gasteiger partial charge on any atom is 0.245 e. The lowest BCUT2D eigenvalue weighted by Gasteiger charge is -2.24. The monoisotopic (exact) mass is 523 g/mol. The minimum absolute atomic E-state index is 0.0389. The molecule has 3 aromatic heterocycles. The second-order valence-electron chi connectivity index (χ2n) is 10.2. The van der Waals surface area contributed by atoms with Crippen LogP contribution in [0.4, 0.5) is 0 Å². The van der Waals surface area contributed by atoms with Gasteiger partial charge in [-0.05, 0) is 80.1 Å². The highest BCUT2D eigenvalue weighted by Crippen LogP contribution is 2.38. The normalized spacial score (nSPS) is 16.8. The van der Waals surface area contributed by atoms with Crippen LogP contribution in [0.2, 0.25) is 0 Å². The molecule has 1 saturated heterocycles. The molecule has 5 heterocycles. The molecule has 1 unspecified atom stereocenters. The zero-order valence-corrected chi connectivity index (χ0v) is 22.0. The van der Waals surface area contributed by atoms with Crippen molar-refractivity contribution in [3.05, 3.63) is 66.4 Å². The second-order valence-corrected chi connectivity index (χ2v) is 10.2. The fraction of sp³-hybridized carbons (Fsp3) is 0.333. The largest absolute Gasteiger partial charge is 0.473 e. The third kappa shape index (κ3) is 4.52. The van der Waals surface area contributed by atoms with Crippen molar-refractivity contribution in [1.82, 2.24) is 24.5 Å². The van der Waals surface area contributed by atoms with Crippen LogP contribution in [0.25, 0.3) is 33.2 Å². The summed E-state index contributed by atoms with van der Waals surface area (Å²) >= 11 is 0. The van der Waals surface area contributed by atoms with Crippen LogP contribution in [0.1, 0.15) is 50.7 Å². The Labute approximate surface area is 225 Å². The van der Waals surface area contributed by atoms with Crippen LogP contribution in [0.5, 0.6) is 17.4 Å². The van der Waals surface area contributed by atoms with E-state index in [0.29, 0.717) is 23.6 Å². The Kier molecular flexibility index (Phi) is 6.00. The number of nitrogens with zero attached hydrogens (tertiary/aromatic N) is 5. The number of imidazole rings is 1. The van der Waals surface area contributed by atoms with Crippen LogP contribution >= 0.6 is 0 Å². The van der Waals surface area contributed by atoms with E-state index >= 15 is 0 Å². The average Bonchev–Trinajstić information content (AvgIpc) is 3.60. The molecule has 2 aliphatic rings. The van der Waals surface area contributed by atoms with Crippen molar-refractivity contribution >= 4 is 22.1 Å². The molecule has 1 fully saturated rings. The Morgan fingerprint density at radius 3 is 2.79 bits per heavy atom. The number of ether oxygens (including phenoxy) is 4. The van der Waals surface area contributed by atoms with E-state index in [4.69, 9.17) is 28.9 Å². The first-order valence-corrected chi connectivity index (χ1v) is 13.4. The van der Waals surface area contributed by atoms with Crippen molar-refractivity contribution in [2.24, 2.45) is 0 Å². The van der Waals surface area contributed by atoms with E-state index in [1.807, 2.05) is 48.9 Å². The Balaban J connectivity index is 1.28. The van der Waals surface area contributed by atoms with Gasteiger partial charge < -0.3 is 18.9 Å². The quantitative estimate of drug-likeness (QED) is 0.274. The molecular formula is C30H29N5O4. The molecule has 0 aliphatic carbocycles. The maximum absolute atomic E-state index is 6.09. The van der Waals surface area contributed by atoms with Crippen molar-refractivity contribution in [2.75, 3.05) is 13.4 Å². The summed E-state index contributed by atoms with van der Waals surface area (Å²) < 4.78 is 25.3. The molecule has 2 aromatic carbocycles. The topological polar surface area (TPSA) is 93.4 Å². The summed E-state index contributed by atoms with van der Waals surface area (Å²) in [6.45, 7) is 4.97. The van der Waals surface area contributed by atoms with Crippen molar-refractivity contribution < 1.29 is 18.9 Å². The van der Waals surface area contributed by atoms with E-state index in [0.717, 1.165) is 70.6 Å². The number of hydrogen-bond acceptors (Lipinski definition) is 8. The molecule has 39 heavy (non-hydrogen) atoms. The molecular weight excluding hydrogens is 494 g/mol. The molecule has 2 aliphatic heterocycles. The molecule has 198 valence electrons. The molecule has 9 heteroatoms. The Morgan fingerprint density at radius 2 is 1.92 bits per heavy atom. The van der Waals surface area contributed by atoms with Crippen LogP contribution in [0.3, 0.4) is 0 Å². The maximum atomic E-state index is 6.09. The molecule has 7 rings (SSSR count). The third-order valence-corrected chi connectivity index (χ3v) is 7.10. The van der Waals surface area contributed by atoms with Crippen molar-refractivity contribution in [1.29, 1.82) is 0 Å². The fourth-order valence-electron chi connectivity index (χ4n) is 5.27. The SMILES string of the molecule is CC(C)Oc1nc(Cc2ccc3nccc(-c4ccc5c(c4)OCO5)c3c2)nc2c1ncn2C1CCCCO1. The van der Waals surface area contributed by atoms with Gasteiger partial charge in [0.15, 0.2) is 22.7 Å². The molecule has 0 spiro atoms. The van der Waals surface area contributed by atoms with Crippen LogP contribution in [0.15, 0.2) is 55.0 Å². The van der Waals surface area contributed by atoms with Gasteiger partial charge in [-0.15, -0.1) is 0 Å². The number of fused-ring (bicyclic) bond motifs is 3. The lowest BCUT2D eigenvalue weighted by molar-refractivity contribution is -0.0298. The lowest BCUT2D eigenvalue weighted by Crippen LogP contribution is -2.18. The predicted molar refractivity (Wildman–Crippen MR) is 146 cm³/mol. The van der Waals surface area contributed by atoms with Crippen molar-refractivity contribution in [3.8, 4) is 28.5 Å². The molecule has 0 amide bonds. The van der Waals surface area contributed by atoms with E-state index in [2.05, 4.69) is 28.2 Å². The Hall–Kier alpha value is -4.24. The van der Waals surface area contributed by atoms with Gasteiger partial charge in [0.1, 0.15) is 12.1 Å². The van der Waals surface area contributed by atoms with Crippen LogP contribution < -0.4 is 14.2 Å². The molecule has 9 nitrogen and oxygen atoms in total. The predicted octanol–water partition coefficient (Wildman–Crippen LogP) is 5.85. The number of benzene rings is 2. The molecule has 1 atom stereocenters. The number of pyridine rings is 1. The highest BCUT2D eigenvalue weighted by atomic mass is 16.7. The van der Waals surface area contributed by atoms with E-state index in [1.165, 1.54) is 0 Å². The average molecular weight is 524 g/mol. The summed E-state index contributed by atoms with van der Waals surface area (Å²) in [6.07, 6.45) is 7.19. The molecule has 0 N–H and O–H groups in total. The van der Waals surface area contributed by atoms with Gasteiger partial charge in [0.05, 0.1) is 17.9 Å². The second kappa shape index (κ2) is 9.81. The lowest BCUT2D eigenvalue weighted by atomic mass is 9.98. The minimum Gasteiger partial charge on any atom is -0.473 e. The van der Waals surface area contributed by atoms with E-state index in [9.17, 15) is 0 Å². The van der Waals surface area contributed by atoms with Gasteiger partial charge in [-0.3, -0.25) is 9.55 Å². The van der Waals surface area contributed by atoms with Crippen molar-refractivity contribution in [3.63, 3.8) is 0 Å². The Bertz CT molecular complexity index is 1680. The van der Waals surface area contributed by atoms with Gasteiger partial charge in [-0.25, -0.2) is 9.97 Å². The summed E-state index contributed by atoms with van der Waals surface area (Å²) in [4.78, 5) is 19.0. The summed E-state index contributed by atoms with van der Waals surface area (Å²) in [5.74, 6) is 2.70. The Morgan fingerprint density at radius 1 is 1.00 bits per heavy atom. The van der Waals surface area contributed by atoms with Crippen LogP contribution in [-0.2, 0) is 11.2 Å². The van der Waals surface area contributed by atoms with Gasteiger partial charge in [0, 0.05) is 24.6 Å². The van der Waals surface area contributed by atoms with Crippen LogP contribution in [0, 0.1) is 0 Å². The summed E-state index contributed by atoms with van der Waals surface area (Å²) in [5, 5.41) is 1.05. The highest BCUT2D eigenvalue weighted by molar-refractivity contribution is 5.95. The number of aromatic nitrogens is 5. The smallest absolute Gasteiger partial charge is 0.245 e. The van der Waals surface area contributed by atoms with Gasteiger partial charge in [0.2, 0.25) is 12.7 Å². The first-order chi connectivity index (χ1) is 19.1. The zero-order valence-electron chi connectivity index (χ0n) is 22.0. The number of rotatable bonds is 6. The highest BCUT2D eigenvalue weighted by Gasteiger charge is 2.23. The third-order valence-electron chi connectivity index (χ3n) is 7.10. The van der Waals surface area contributed by atoms with E-state index in [-0.39, 0.29) is 19.1 Å². The van der Waals surface area contributed by atoms with E-state index < -0.39 is 0 Å². The zero-order chi connectivity index (χ0) is 26.3. The standard InChI is InChI=1S/C30H29N5O4/c1-18(2)39-30-28-29(35(16-32-28)27-5-3-4-12-36-27)33-26(34-30)14-19-6-8-23-22(13-19)21(10-11-31-23)20-7-9-24-25(15-20)38-17-37-24/h6-11,13,15-16,18,27H,3-5,12,14,17H2,1-2H3. The summed E-state index contributed by atoms with van der Waals surface area (Å²) in [6, 6.07) is 14.3. The molecule has 0 bridgehead atoms. The van der Waals surface area contributed by atoms with Gasteiger partial charge in [-0.2, -0.15) is 4.98 Å². The summed E-state index contributed by atoms with van der Waals surface area (Å²) in [5.41, 5.74) is 5.52. The number of hydrogen-bond donors (Lipinski definition) is 0. The fourth-order valence-corrected chi connectivity index (χ4v) is 5.27. The van der Waals surface area contributed by atoms with Gasteiger partial charge >= 0.3 is 0 Å². The first kappa shape index (κ1) is 23.8. The first-order valence-electron chi connectivity index (χ1n) is 13.4. The van der Waals surface area contributed by atoms with Crippen LogP contribution in [-0.4, -0.2) is 44.0 Å². The minimum atomic E-state index is -0.0746. The van der Waals surface area contributed by atoms with Crippen molar-refractivity contribution in [2.45, 2.75) is 51.9 Å². The molecule has 5 aromatic rings. The van der Waals surface area contributed by atoms with Gasteiger partial charge in [0.25, 0.3) is 0 Å². The van der Waals surface area contributed by atoms with Gasteiger partial charge in [-0.1, -0.05) is 12.1 Å². The molecule has 0 radical (unpaired) electrons. The molecule has 0 saturated carbocycles.